The molecule has 13 heteroatoms. The summed E-state index contributed by atoms with van der Waals surface area (Å²) in [5.74, 6) is 2.75. The molecule has 0 spiro atoms. The molecule has 13 nitrogen and oxygen atoms in total. The predicted octanol–water partition coefficient (Wildman–Crippen LogP) is 8.37. The van der Waals surface area contributed by atoms with Gasteiger partial charge in [0.25, 0.3) is 0 Å². The van der Waals surface area contributed by atoms with Crippen molar-refractivity contribution < 1.29 is 38.7 Å². The summed E-state index contributed by atoms with van der Waals surface area (Å²) in [6, 6.07) is 0. The number of benzene rings is 1. The molecule has 0 amide bonds. The summed E-state index contributed by atoms with van der Waals surface area (Å²) < 4.78 is 20.1. The zero-order chi connectivity index (χ0) is 40.6. The maximum absolute atomic E-state index is 12.9. The minimum absolute atomic E-state index is 0.112. The van der Waals surface area contributed by atoms with E-state index < -0.39 is 30.4 Å². The lowest BCUT2D eigenvalue weighted by Gasteiger charge is -2.38. The summed E-state index contributed by atoms with van der Waals surface area (Å²) in [6.45, 7) is 17.5. The Morgan fingerprint density at radius 1 is 0.946 bits per heavy atom. The maximum atomic E-state index is 12.9. The van der Waals surface area contributed by atoms with E-state index in [0.717, 1.165) is 71.4 Å². The van der Waals surface area contributed by atoms with Gasteiger partial charge in [0, 0.05) is 12.0 Å². The fraction of sp³-hybridized carbons (Fsp3) is 0.698. The first-order valence-corrected chi connectivity index (χ1v) is 20.8. The smallest absolute Gasteiger partial charge is 0.342 e. The molecule has 1 fully saturated rings. The summed E-state index contributed by atoms with van der Waals surface area (Å²) >= 11 is 0. The second kappa shape index (κ2) is 19.6. The Labute approximate surface area is 332 Å². The number of hydrogen-bond donors (Lipinski definition) is 2. The van der Waals surface area contributed by atoms with Crippen molar-refractivity contribution in [3.05, 3.63) is 34.9 Å². The third-order valence-electron chi connectivity index (χ3n) is 11.8. The molecule has 56 heavy (non-hydrogen) atoms. The molecule has 2 aromatic heterocycles. The molecular formula is C43H65N5O8. The summed E-state index contributed by atoms with van der Waals surface area (Å²) in [5, 5.41) is 10.6. The molecule has 5 rings (SSSR count). The van der Waals surface area contributed by atoms with E-state index in [1.807, 2.05) is 20.8 Å². The van der Waals surface area contributed by atoms with Gasteiger partial charge in [0.1, 0.15) is 41.7 Å². The van der Waals surface area contributed by atoms with Crippen LogP contribution in [0.15, 0.2) is 12.7 Å². The molecule has 4 heterocycles. The van der Waals surface area contributed by atoms with Gasteiger partial charge in [-0.1, -0.05) is 72.6 Å². The summed E-state index contributed by atoms with van der Waals surface area (Å²) in [6.07, 6.45) is 13.5. The van der Waals surface area contributed by atoms with E-state index >= 15 is 0 Å². The number of aromatic nitrogens is 4. The Hall–Kier alpha value is -3.81. The van der Waals surface area contributed by atoms with Crippen LogP contribution in [0.5, 0.6) is 11.5 Å². The molecule has 2 aliphatic rings. The Balaban J connectivity index is 1.02. The molecule has 0 radical (unpaired) electrons. The average Bonchev–Trinajstić information content (AvgIpc) is 3.74. The molecule has 310 valence electrons. The molecule has 1 saturated heterocycles. The van der Waals surface area contributed by atoms with Gasteiger partial charge in [0.2, 0.25) is 0 Å². The highest BCUT2D eigenvalue weighted by Gasteiger charge is 2.37. The lowest BCUT2D eigenvalue weighted by atomic mass is 9.83. The van der Waals surface area contributed by atoms with Crippen LogP contribution >= 0.6 is 0 Å². The molecule has 3 aromatic rings. The van der Waals surface area contributed by atoms with E-state index in [-0.39, 0.29) is 37.3 Å². The number of ether oxygens (including phenoxy) is 3. The van der Waals surface area contributed by atoms with Crippen LogP contribution in [0.1, 0.15) is 147 Å². The van der Waals surface area contributed by atoms with Gasteiger partial charge in [0.15, 0.2) is 17.7 Å². The SMILES string of the molecule is Cc1c(C)c2c(c(C)c1OC(=O)CCC(=O)OOC[C@@H]1C[C@@H](O)[C@H](n3cnc4c(N)ncnc43)O1)CC[C@@](C)(CCC[C@H](C)CCC[C@H](C)CCCC(C)C)O2. The molecule has 6 atom stereocenters. The number of fused-ring (bicyclic) bond motifs is 2. The maximum Gasteiger partial charge on any atom is 0.342 e. The molecule has 0 saturated carbocycles. The number of hydrogen-bond acceptors (Lipinski definition) is 12. The fourth-order valence-electron chi connectivity index (χ4n) is 8.14. The number of esters is 1. The third kappa shape index (κ3) is 11.2. The number of carbonyl (C=O) groups excluding carboxylic acids is 2. The first kappa shape index (κ1) is 43.3. The van der Waals surface area contributed by atoms with Crippen LogP contribution in [-0.4, -0.2) is 61.0 Å². The number of nitrogen functional groups attached to an aromatic ring is 1. The quantitative estimate of drug-likeness (QED) is 0.0487. The van der Waals surface area contributed by atoms with Crippen molar-refractivity contribution in [1.82, 2.24) is 19.5 Å². The predicted molar refractivity (Wildman–Crippen MR) is 214 cm³/mol. The van der Waals surface area contributed by atoms with Crippen molar-refractivity contribution in [1.29, 1.82) is 0 Å². The average molecular weight is 780 g/mol. The Morgan fingerprint density at radius 3 is 2.34 bits per heavy atom. The molecule has 2 aliphatic heterocycles. The fourth-order valence-corrected chi connectivity index (χ4v) is 8.14. The lowest BCUT2D eigenvalue weighted by molar-refractivity contribution is -0.283. The third-order valence-corrected chi connectivity index (χ3v) is 11.8. The number of nitrogens with zero attached hydrogens (tertiary/aromatic N) is 4. The van der Waals surface area contributed by atoms with Crippen LogP contribution < -0.4 is 15.2 Å². The highest BCUT2D eigenvalue weighted by molar-refractivity contribution is 5.81. The first-order chi connectivity index (χ1) is 26.7. The van der Waals surface area contributed by atoms with Crippen LogP contribution in [0, 0.1) is 38.5 Å². The largest absolute Gasteiger partial charge is 0.487 e. The molecular weight excluding hydrogens is 714 g/mol. The minimum Gasteiger partial charge on any atom is -0.487 e. The number of rotatable bonds is 20. The van der Waals surface area contributed by atoms with Crippen LogP contribution in [-0.2, 0) is 30.5 Å². The summed E-state index contributed by atoms with van der Waals surface area (Å²) in [4.78, 5) is 47.8. The Bertz CT molecular complexity index is 1800. The number of anilines is 1. The topological polar surface area (TPSA) is 170 Å². The number of aliphatic hydroxyl groups is 1. The number of nitrogens with two attached hydrogens (primary N) is 1. The standard InChI is InChI=1S/C43H65N5O8/c1-26(2)12-9-13-27(3)14-10-15-28(4)16-11-20-43(8)21-19-33-31(7)38(29(5)30(6)39(33)55-43)54-35(50)17-18-36(51)56-52-23-32-22-34(49)42(53-32)48-25-47-37-40(44)45-24-46-41(37)48/h24-28,32,34,42,49H,9-23H2,1-8H3,(H2,44,45,46)/t27-,28-,32+,34-,42-,43-/m1/s1. The molecule has 3 N–H and O–H groups in total. The van der Waals surface area contributed by atoms with Gasteiger partial charge in [-0.3, -0.25) is 14.2 Å². The zero-order valence-corrected chi connectivity index (χ0v) is 34.9. The van der Waals surface area contributed by atoms with Crippen LogP contribution in [0.3, 0.4) is 0 Å². The highest BCUT2D eigenvalue weighted by Crippen LogP contribution is 2.45. The van der Waals surface area contributed by atoms with E-state index in [4.69, 9.17) is 29.7 Å². The van der Waals surface area contributed by atoms with E-state index in [2.05, 4.69) is 49.6 Å². The lowest BCUT2D eigenvalue weighted by Crippen LogP contribution is -2.37. The van der Waals surface area contributed by atoms with E-state index in [0.29, 0.717) is 16.9 Å². The number of carbonyl (C=O) groups is 2. The monoisotopic (exact) mass is 779 g/mol. The van der Waals surface area contributed by atoms with Gasteiger partial charge < -0.3 is 25.1 Å². The van der Waals surface area contributed by atoms with E-state index in [9.17, 15) is 14.7 Å². The Morgan fingerprint density at radius 2 is 1.62 bits per heavy atom. The second-order valence-corrected chi connectivity index (χ2v) is 17.2. The van der Waals surface area contributed by atoms with Crippen LogP contribution in [0.2, 0.25) is 0 Å². The number of imidazole rings is 1. The zero-order valence-electron chi connectivity index (χ0n) is 34.9. The molecule has 0 unspecified atom stereocenters. The Kier molecular flexibility index (Phi) is 15.1. The van der Waals surface area contributed by atoms with Crippen molar-refractivity contribution in [2.24, 2.45) is 17.8 Å². The summed E-state index contributed by atoms with van der Waals surface area (Å²) in [5.41, 5.74) is 10.3. The molecule has 0 bridgehead atoms. The van der Waals surface area contributed by atoms with Crippen molar-refractivity contribution in [3.63, 3.8) is 0 Å². The minimum atomic E-state index is -0.880. The van der Waals surface area contributed by atoms with Crippen molar-refractivity contribution >= 4 is 28.9 Å². The highest BCUT2D eigenvalue weighted by atomic mass is 17.2. The summed E-state index contributed by atoms with van der Waals surface area (Å²) in [7, 11) is 0. The van der Waals surface area contributed by atoms with Gasteiger partial charge in [-0.2, -0.15) is 4.89 Å². The van der Waals surface area contributed by atoms with Gasteiger partial charge in [-0.05, 0) is 87.8 Å². The van der Waals surface area contributed by atoms with Crippen molar-refractivity contribution in [2.45, 2.75) is 169 Å². The van der Waals surface area contributed by atoms with Gasteiger partial charge in [0.05, 0.1) is 25.3 Å². The second-order valence-electron chi connectivity index (χ2n) is 17.2. The van der Waals surface area contributed by atoms with E-state index in [1.54, 1.807) is 4.57 Å². The van der Waals surface area contributed by atoms with Crippen molar-refractivity contribution in [2.75, 3.05) is 12.3 Å². The molecule has 1 aromatic carbocycles. The van der Waals surface area contributed by atoms with Crippen LogP contribution in [0.25, 0.3) is 11.2 Å². The van der Waals surface area contributed by atoms with E-state index in [1.165, 1.54) is 57.6 Å². The van der Waals surface area contributed by atoms with Crippen LogP contribution in [0.4, 0.5) is 5.82 Å². The van der Waals surface area contributed by atoms with Gasteiger partial charge in [-0.15, -0.1) is 0 Å². The molecule has 0 aliphatic carbocycles. The normalized spacial score (nSPS) is 21.9. The van der Waals surface area contributed by atoms with Crippen molar-refractivity contribution in [3.8, 4) is 11.5 Å². The number of aliphatic hydroxyl groups excluding tert-OH is 1. The van der Waals surface area contributed by atoms with Gasteiger partial charge in [-0.25, -0.2) is 19.7 Å². The first-order valence-electron chi connectivity index (χ1n) is 20.8. The van der Waals surface area contributed by atoms with Gasteiger partial charge >= 0.3 is 11.9 Å².